The standard InChI is InChI=1S/C13H19FN2O2S/c1-8(19(18)13(2,3)4)12(17)16-11-7-9(15)5-6-10(11)14/h5-8H,15H2,1-4H3,(H,16,17). The highest BCUT2D eigenvalue weighted by Crippen LogP contribution is 2.20. The van der Waals surface area contributed by atoms with E-state index in [9.17, 15) is 13.4 Å². The molecule has 1 aromatic rings. The number of rotatable bonds is 3. The lowest BCUT2D eigenvalue weighted by Gasteiger charge is -2.22. The molecule has 2 atom stereocenters. The molecular weight excluding hydrogens is 267 g/mol. The van der Waals surface area contributed by atoms with E-state index in [0.717, 1.165) is 0 Å². The van der Waals surface area contributed by atoms with Crippen molar-refractivity contribution in [3.8, 4) is 0 Å². The van der Waals surface area contributed by atoms with Gasteiger partial charge in [-0.1, -0.05) is 0 Å². The fraction of sp³-hybridized carbons (Fsp3) is 0.462. The summed E-state index contributed by atoms with van der Waals surface area (Å²) < 4.78 is 25.1. The predicted octanol–water partition coefficient (Wildman–Crippen LogP) is 2.28. The summed E-state index contributed by atoms with van der Waals surface area (Å²) in [5.41, 5.74) is 5.88. The third-order valence-electron chi connectivity index (χ3n) is 2.54. The van der Waals surface area contributed by atoms with Crippen molar-refractivity contribution in [2.75, 3.05) is 11.1 Å². The number of carbonyl (C=O) groups excluding carboxylic acids is 1. The molecule has 4 nitrogen and oxygen atoms in total. The highest BCUT2D eigenvalue weighted by Gasteiger charge is 2.29. The first-order chi connectivity index (χ1) is 8.62. The van der Waals surface area contributed by atoms with Crippen LogP contribution in [0.2, 0.25) is 0 Å². The number of carbonyl (C=O) groups is 1. The maximum absolute atomic E-state index is 13.5. The summed E-state index contributed by atoms with van der Waals surface area (Å²) >= 11 is 0. The maximum atomic E-state index is 13.5. The van der Waals surface area contributed by atoms with E-state index >= 15 is 0 Å². The first kappa shape index (κ1) is 15.6. The summed E-state index contributed by atoms with van der Waals surface area (Å²) in [6.07, 6.45) is 0. The van der Waals surface area contributed by atoms with Gasteiger partial charge in [0, 0.05) is 21.2 Å². The third kappa shape index (κ3) is 4.02. The van der Waals surface area contributed by atoms with Crippen LogP contribution in [0.1, 0.15) is 27.7 Å². The molecule has 19 heavy (non-hydrogen) atoms. The molecule has 6 heteroatoms. The number of anilines is 2. The first-order valence-electron chi connectivity index (χ1n) is 5.89. The van der Waals surface area contributed by atoms with Crippen LogP contribution in [0, 0.1) is 5.82 Å². The number of nitrogens with two attached hydrogens (primary N) is 1. The van der Waals surface area contributed by atoms with E-state index in [2.05, 4.69) is 5.32 Å². The fourth-order valence-electron chi connectivity index (χ4n) is 1.50. The smallest absolute Gasteiger partial charge is 0.239 e. The maximum Gasteiger partial charge on any atom is 0.239 e. The molecule has 0 fully saturated rings. The SMILES string of the molecule is CC(C(=O)Nc1cc(N)ccc1F)S(=O)C(C)(C)C. The molecular formula is C13H19FN2O2S. The number of nitrogen functional groups attached to an aromatic ring is 1. The number of nitrogens with one attached hydrogen (secondary N) is 1. The Bertz CT molecular complexity index is 512. The lowest BCUT2D eigenvalue weighted by atomic mass is 10.2. The van der Waals surface area contributed by atoms with Gasteiger partial charge in [-0.15, -0.1) is 0 Å². The average molecular weight is 286 g/mol. The van der Waals surface area contributed by atoms with Crippen LogP contribution in [0.5, 0.6) is 0 Å². The van der Waals surface area contributed by atoms with Crippen molar-refractivity contribution < 1.29 is 13.4 Å². The molecule has 3 N–H and O–H groups in total. The van der Waals surface area contributed by atoms with Gasteiger partial charge in [0.1, 0.15) is 11.1 Å². The summed E-state index contributed by atoms with van der Waals surface area (Å²) in [5.74, 6) is -1.06. The Morgan fingerprint density at radius 3 is 2.53 bits per heavy atom. The molecule has 0 saturated heterocycles. The number of benzene rings is 1. The molecule has 0 aliphatic carbocycles. The number of hydrogen-bond acceptors (Lipinski definition) is 3. The van der Waals surface area contributed by atoms with Crippen molar-refractivity contribution in [3.05, 3.63) is 24.0 Å². The predicted molar refractivity (Wildman–Crippen MR) is 76.8 cm³/mol. The largest absolute Gasteiger partial charge is 0.399 e. The van der Waals surface area contributed by atoms with Crippen LogP contribution in [0.25, 0.3) is 0 Å². The third-order valence-corrected chi connectivity index (χ3v) is 4.61. The second-order valence-electron chi connectivity index (χ2n) is 5.28. The summed E-state index contributed by atoms with van der Waals surface area (Å²) in [6, 6.07) is 3.91. The molecule has 0 heterocycles. The van der Waals surface area contributed by atoms with Crippen LogP contribution >= 0.6 is 0 Å². The number of amides is 1. The molecule has 0 aliphatic heterocycles. The van der Waals surface area contributed by atoms with Gasteiger partial charge in [0.05, 0.1) is 5.69 Å². The molecule has 0 saturated carbocycles. The Kier molecular flexibility index (Phi) is 4.68. The summed E-state index contributed by atoms with van der Waals surface area (Å²) in [4.78, 5) is 12.0. The van der Waals surface area contributed by atoms with Crippen molar-refractivity contribution in [1.29, 1.82) is 0 Å². The van der Waals surface area contributed by atoms with E-state index in [1.807, 2.05) is 0 Å². The monoisotopic (exact) mass is 286 g/mol. The molecule has 1 rings (SSSR count). The Hall–Kier alpha value is -1.43. The lowest BCUT2D eigenvalue weighted by molar-refractivity contribution is -0.115. The van der Waals surface area contributed by atoms with Gasteiger partial charge in [-0.3, -0.25) is 9.00 Å². The zero-order valence-electron chi connectivity index (χ0n) is 11.5. The van der Waals surface area contributed by atoms with Gasteiger partial charge >= 0.3 is 0 Å². The molecule has 1 amide bonds. The summed E-state index contributed by atoms with van der Waals surface area (Å²) in [6.45, 7) is 6.91. The molecule has 0 aliphatic rings. The topological polar surface area (TPSA) is 72.2 Å². The minimum Gasteiger partial charge on any atom is -0.399 e. The zero-order chi connectivity index (χ0) is 14.8. The molecule has 0 bridgehead atoms. The van der Waals surface area contributed by atoms with Gasteiger partial charge in [0.2, 0.25) is 5.91 Å². The Morgan fingerprint density at radius 1 is 1.42 bits per heavy atom. The highest BCUT2D eigenvalue weighted by molar-refractivity contribution is 7.87. The molecule has 1 aromatic carbocycles. The summed E-state index contributed by atoms with van der Waals surface area (Å²) in [7, 11) is -1.36. The van der Waals surface area contributed by atoms with Crippen LogP contribution in [0.4, 0.5) is 15.8 Å². The average Bonchev–Trinajstić information content (AvgIpc) is 2.30. The van der Waals surface area contributed by atoms with Crippen LogP contribution in [0.3, 0.4) is 0 Å². The van der Waals surface area contributed by atoms with Crippen LogP contribution in [0.15, 0.2) is 18.2 Å². The molecule has 106 valence electrons. The van der Waals surface area contributed by atoms with Crippen LogP contribution in [-0.4, -0.2) is 20.1 Å². The Labute approximate surface area is 115 Å². The van der Waals surface area contributed by atoms with Gasteiger partial charge in [0.15, 0.2) is 0 Å². The van der Waals surface area contributed by atoms with Gasteiger partial charge in [0.25, 0.3) is 0 Å². The van der Waals surface area contributed by atoms with Crippen molar-refractivity contribution in [1.82, 2.24) is 0 Å². The lowest BCUT2D eigenvalue weighted by Crippen LogP contribution is -2.37. The fourth-order valence-corrected chi connectivity index (χ4v) is 2.81. The second-order valence-corrected chi connectivity index (χ2v) is 7.81. The van der Waals surface area contributed by atoms with E-state index in [0.29, 0.717) is 5.69 Å². The first-order valence-corrected chi connectivity index (χ1v) is 7.11. The van der Waals surface area contributed by atoms with Crippen LogP contribution in [-0.2, 0) is 15.6 Å². The minimum atomic E-state index is -1.36. The van der Waals surface area contributed by atoms with Crippen molar-refractivity contribution in [2.24, 2.45) is 0 Å². The van der Waals surface area contributed by atoms with Gasteiger partial charge in [-0.25, -0.2) is 4.39 Å². The molecule has 0 spiro atoms. The number of hydrogen-bond donors (Lipinski definition) is 2. The molecule has 0 aromatic heterocycles. The molecule has 2 unspecified atom stereocenters. The van der Waals surface area contributed by atoms with Crippen molar-refractivity contribution in [3.63, 3.8) is 0 Å². The van der Waals surface area contributed by atoms with Gasteiger partial charge < -0.3 is 11.1 Å². The molecule has 0 radical (unpaired) electrons. The summed E-state index contributed by atoms with van der Waals surface area (Å²) in [5, 5.41) is 1.68. The van der Waals surface area contributed by atoms with E-state index in [1.54, 1.807) is 27.7 Å². The van der Waals surface area contributed by atoms with E-state index in [4.69, 9.17) is 5.73 Å². The van der Waals surface area contributed by atoms with E-state index in [1.165, 1.54) is 18.2 Å². The van der Waals surface area contributed by atoms with Crippen molar-refractivity contribution in [2.45, 2.75) is 37.7 Å². The second kappa shape index (κ2) is 5.69. The highest BCUT2D eigenvalue weighted by atomic mass is 32.2. The zero-order valence-corrected chi connectivity index (χ0v) is 12.3. The van der Waals surface area contributed by atoms with Gasteiger partial charge in [-0.2, -0.15) is 0 Å². The van der Waals surface area contributed by atoms with Crippen LogP contribution < -0.4 is 11.1 Å². The van der Waals surface area contributed by atoms with Crippen molar-refractivity contribution >= 4 is 28.1 Å². The Balaban J connectivity index is 2.85. The normalized spacial score (nSPS) is 14.8. The van der Waals surface area contributed by atoms with E-state index < -0.39 is 32.5 Å². The van der Waals surface area contributed by atoms with E-state index in [-0.39, 0.29) is 5.69 Å². The van der Waals surface area contributed by atoms with Gasteiger partial charge in [-0.05, 0) is 45.9 Å². The minimum absolute atomic E-state index is 0.00255. The Morgan fingerprint density at radius 2 is 2.00 bits per heavy atom. The number of halogens is 1. The quantitative estimate of drug-likeness (QED) is 0.837.